The first kappa shape index (κ1) is 18.9. The van der Waals surface area contributed by atoms with Crippen molar-refractivity contribution in [2.24, 2.45) is 11.8 Å². The van der Waals surface area contributed by atoms with E-state index in [1.54, 1.807) is 0 Å². The molecule has 0 aromatic carbocycles. The maximum Gasteiger partial charge on any atom is 0.306 e. The molecule has 26 heavy (non-hydrogen) atoms. The van der Waals surface area contributed by atoms with E-state index in [-0.39, 0.29) is 18.5 Å². The molecule has 0 spiro atoms. The van der Waals surface area contributed by atoms with Crippen molar-refractivity contribution in [2.75, 3.05) is 11.9 Å². The van der Waals surface area contributed by atoms with Crippen molar-refractivity contribution in [1.82, 2.24) is 0 Å². The summed E-state index contributed by atoms with van der Waals surface area (Å²) in [7, 11) is 0. The molecule has 5 nitrogen and oxygen atoms in total. The molecule has 0 saturated heterocycles. The van der Waals surface area contributed by atoms with Gasteiger partial charge in [0.15, 0.2) is 6.61 Å². The maximum absolute atomic E-state index is 12.1. The van der Waals surface area contributed by atoms with E-state index in [4.69, 9.17) is 4.74 Å². The minimum Gasteiger partial charge on any atom is -0.456 e. The van der Waals surface area contributed by atoms with Crippen LogP contribution in [0.25, 0.3) is 0 Å². The van der Waals surface area contributed by atoms with Crippen LogP contribution in [0.1, 0.15) is 67.9 Å². The minimum atomic E-state index is -0.373. The molecule has 0 unspecified atom stereocenters. The van der Waals surface area contributed by atoms with Crippen molar-refractivity contribution in [2.45, 2.75) is 64.7 Å². The molecule has 1 atom stereocenters. The molecule has 1 heterocycles. The number of amides is 1. The SMILES string of the molecule is C[C@H]1CCc2c(sc(NC(=O)COC(=O)CCC3CCCC3)c2C#N)C1. The highest BCUT2D eigenvalue weighted by molar-refractivity contribution is 7.16. The van der Waals surface area contributed by atoms with Gasteiger partial charge in [0.25, 0.3) is 5.91 Å². The van der Waals surface area contributed by atoms with Crippen molar-refractivity contribution >= 4 is 28.2 Å². The van der Waals surface area contributed by atoms with E-state index in [1.165, 1.54) is 41.9 Å². The first-order valence-electron chi connectivity index (χ1n) is 9.57. The van der Waals surface area contributed by atoms with E-state index in [9.17, 15) is 14.9 Å². The summed E-state index contributed by atoms with van der Waals surface area (Å²) in [6.45, 7) is 1.92. The Morgan fingerprint density at radius 3 is 2.81 bits per heavy atom. The Balaban J connectivity index is 1.49. The molecule has 1 amide bonds. The highest BCUT2D eigenvalue weighted by atomic mass is 32.1. The molecule has 0 aliphatic heterocycles. The van der Waals surface area contributed by atoms with Crippen molar-refractivity contribution in [1.29, 1.82) is 5.26 Å². The number of carbonyl (C=O) groups is 2. The van der Waals surface area contributed by atoms with Gasteiger partial charge in [0.2, 0.25) is 0 Å². The summed E-state index contributed by atoms with van der Waals surface area (Å²) in [6, 6.07) is 2.23. The fourth-order valence-electron chi connectivity index (χ4n) is 3.96. The second-order valence-electron chi connectivity index (χ2n) is 7.57. The number of fused-ring (bicyclic) bond motifs is 1. The fraction of sp³-hybridized carbons (Fsp3) is 0.650. The molecule has 1 fully saturated rings. The number of hydrogen-bond donors (Lipinski definition) is 1. The van der Waals surface area contributed by atoms with Gasteiger partial charge in [-0.3, -0.25) is 9.59 Å². The number of nitriles is 1. The standard InChI is InChI=1S/C20H26N2O3S/c1-13-6-8-15-16(11-21)20(26-17(15)10-13)22-18(23)12-25-19(24)9-7-14-4-2-3-5-14/h13-14H,2-10,12H2,1H3,(H,22,23)/t13-/m0/s1. The third-order valence-electron chi connectivity index (χ3n) is 5.47. The number of esters is 1. The Bertz CT molecular complexity index is 713. The van der Waals surface area contributed by atoms with Gasteiger partial charge in [-0.2, -0.15) is 5.26 Å². The molecular weight excluding hydrogens is 348 g/mol. The highest BCUT2D eigenvalue weighted by Gasteiger charge is 2.25. The molecule has 6 heteroatoms. The van der Waals surface area contributed by atoms with E-state index in [2.05, 4.69) is 18.3 Å². The number of thiophene rings is 1. The molecule has 1 aromatic heterocycles. The van der Waals surface area contributed by atoms with E-state index in [1.807, 2.05) is 0 Å². The van der Waals surface area contributed by atoms with Gasteiger partial charge in [-0.15, -0.1) is 11.3 Å². The molecule has 1 N–H and O–H groups in total. The topological polar surface area (TPSA) is 79.2 Å². The maximum atomic E-state index is 12.1. The number of nitrogens with zero attached hydrogens (tertiary/aromatic N) is 1. The van der Waals surface area contributed by atoms with E-state index < -0.39 is 0 Å². The molecule has 0 radical (unpaired) electrons. The Morgan fingerprint density at radius 1 is 1.31 bits per heavy atom. The molecule has 2 aliphatic carbocycles. The van der Waals surface area contributed by atoms with Crippen molar-refractivity contribution < 1.29 is 14.3 Å². The van der Waals surface area contributed by atoms with E-state index >= 15 is 0 Å². The number of anilines is 1. The average Bonchev–Trinajstić information content (AvgIpc) is 3.24. The van der Waals surface area contributed by atoms with E-state index in [0.717, 1.165) is 31.2 Å². The number of nitrogens with one attached hydrogen (secondary N) is 1. The van der Waals surface area contributed by atoms with Crippen LogP contribution in [0.5, 0.6) is 0 Å². The van der Waals surface area contributed by atoms with Crippen molar-refractivity contribution in [3.63, 3.8) is 0 Å². The summed E-state index contributed by atoms with van der Waals surface area (Å²) in [5.41, 5.74) is 1.66. The zero-order chi connectivity index (χ0) is 18.5. The quantitative estimate of drug-likeness (QED) is 0.757. The van der Waals surface area contributed by atoms with Crippen LogP contribution in [0.15, 0.2) is 0 Å². The molecular formula is C20H26N2O3S. The van der Waals surface area contributed by atoms with Gasteiger partial charge >= 0.3 is 5.97 Å². The van der Waals surface area contributed by atoms with E-state index in [0.29, 0.717) is 28.8 Å². The zero-order valence-corrected chi connectivity index (χ0v) is 16.1. The summed E-state index contributed by atoms with van der Waals surface area (Å²) in [5.74, 6) is 0.556. The van der Waals surface area contributed by atoms with Gasteiger partial charge in [-0.1, -0.05) is 32.6 Å². The van der Waals surface area contributed by atoms with Crippen LogP contribution in [0.2, 0.25) is 0 Å². The third-order valence-corrected chi connectivity index (χ3v) is 6.64. The molecule has 2 aliphatic rings. The first-order valence-corrected chi connectivity index (χ1v) is 10.4. The van der Waals surface area contributed by atoms with Crippen LogP contribution in [0.3, 0.4) is 0 Å². The van der Waals surface area contributed by atoms with Gasteiger partial charge in [-0.25, -0.2) is 0 Å². The minimum absolute atomic E-state index is 0.284. The number of rotatable bonds is 6. The molecule has 1 aromatic rings. The van der Waals surface area contributed by atoms with Crippen LogP contribution < -0.4 is 5.32 Å². The van der Waals surface area contributed by atoms with Gasteiger partial charge in [0.05, 0.1) is 5.56 Å². The average molecular weight is 375 g/mol. The smallest absolute Gasteiger partial charge is 0.306 e. The molecule has 3 rings (SSSR count). The zero-order valence-electron chi connectivity index (χ0n) is 15.3. The summed E-state index contributed by atoms with van der Waals surface area (Å²) < 4.78 is 5.10. The Hall–Kier alpha value is -1.87. The van der Waals surface area contributed by atoms with Gasteiger partial charge < -0.3 is 10.1 Å². The largest absolute Gasteiger partial charge is 0.456 e. The lowest BCUT2D eigenvalue weighted by atomic mass is 9.89. The molecule has 1 saturated carbocycles. The van der Waals surface area contributed by atoms with Crippen LogP contribution in [0.4, 0.5) is 5.00 Å². The number of carbonyl (C=O) groups excluding carboxylic acids is 2. The second-order valence-corrected chi connectivity index (χ2v) is 8.67. The van der Waals surface area contributed by atoms with Gasteiger partial charge in [-0.05, 0) is 43.1 Å². The predicted octanol–water partition coefficient (Wildman–Crippen LogP) is 4.20. The monoisotopic (exact) mass is 374 g/mol. The van der Waals surface area contributed by atoms with Gasteiger partial charge in [0, 0.05) is 11.3 Å². The lowest BCUT2D eigenvalue weighted by Crippen LogP contribution is -2.21. The summed E-state index contributed by atoms with van der Waals surface area (Å²) in [4.78, 5) is 25.2. The van der Waals surface area contributed by atoms with Crippen LogP contribution >= 0.6 is 11.3 Å². The van der Waals surface area contributed by atoms with Crippen LogP contribution in [-0.4, -0.2) is 18.5 Å². The van der Waals surface area contributed by atoms with Crippen LogP contribution in [-0.2, 0) is 27.2 Å². The predicted molar refractivity (Wildman–Crippen MR) is 101 cm³/mol. The van der Waals surface area contributed by atoms with Crippen molar-refractivity contribution in [3.8, 4) is 6.07 Å². The highest BCUT2D eigenvalue weighted by Crippen LogP contribution is 2.39. The summed E-state index contributed by atoms with van der Waals surface area (Å²) in [5, 5.41) is 12.8. The molecule has 0 bridgehead atoms. The summed E-state index contributed by atoms with van der Waals surface area (Å²) >= 11 is 1.49. The Kier molecular flexibility index (Phi) is 6.31. The summed E-state index contributed by atoms with van der Waals surface area (Å²) in [6.07, 6.45) is 9.08. The second kappa shape index (κ2) is 8.68. The lowest BCUT2D eigenvalue weighted by Gasteiger charge is -2.17. The third kappa shape index (κ3) is 4.64. The lowest BCUT2D eigenvalue weighted by molar-refractivity contribution is -0.147. The first-order chi connectivity index (χ1) is 12.6. The van der Waals surface area contributed by atoms with Gasteiger partial charge in [0.1, 0.15) is 11.1 Å². The Labute approximate surface area is 158 Å². The number of hydrogen-bond acceptors (Lipinski definition) is 5. The normalized spacial score (nSPS) is 19.6. The Morgan fingerprint density at radius 2 is 2.08 bits per heavy atom. The van der Waals surface area contributed by atoms with Crippen molar-refractivity contribution in [3.05, 3.63) is 16.0 Å². The molecule has 140 valence electrons. The number of ether oxygens (including phenoxy) is 1. The van der Waals surface area contributed by atoms with Crippen LogP contribution in [0, 0.1) is 23.2 Å². The fourth-order valence-corrected chi connectivity index (χ4v) is 5.34.